The van der Waals surface area contributed by atoms with Crippen molar-refractivity contribution < 1.29 is 17.9 Å². The van der Waals surface area contributed by atoms with Crippen molar-refractivity contribution in [3.8, 4) is 5.69 Å². The van der Waals surface area contributed by atoms with Crippen molar-refractivity contribution in [1.82, 2.24) is 9.55 Å². The fraction of sp³-hybridized carbons (Fsp3) is 0.357. The lowest BCUT2D eigenvalue weighted by Crippen LogP contribution is -2.13. The SMILES string of the molecule is COCCNc1nccn1-c1ccc(C)c(C(F)(F)F)c1. The van der Waals surface area contributed by atoms with Gasteiger partial charge >= 0.3 is 6.18 Å². The third kappa shape index (κ3) is 3.55. The first-order chi connectivity index (χ1) is 9.93. The van der Waals surface area contributed by atoms with Crippen molar-refractivity contribution in [3.63, 3.8) is 0 Å². The van der Waals surface area contributed by atoms with Crippen LogP contribution < -0.4 is 5.32 Å². The molecule has 1 aromatic heterocycles. The van der Waals surface area contributed by atoms with Crippen LogP contribution in [0.3, 0.4) is 0 Å². The molecule has 1 heterocycles. The highest BCUT2D eigenvalue weighted by molar-refractivity contribution is 5.46. The van der Waals surface area contributed by atoms with E-state index < -0.39 is 11.7 Å². The summed E-state index contributed by atoms with van der Waals surface area (Å²) in [5.74, 6) is 0.476. The van der Waals surface area contributed by atoms with E-state index in [4.69, 9.17) is 4.74 Å². The Labute approximate surface area is 120 Å². The molecule has 0 aliphatic heterocycles. The maximum absolute atomic E-state index is 13.0. The minimum Gasteiger partial charge on any atom is -0.383 e. The number of methoxy groups -OCH3 is 1. The van der Waals surface area contributed by atoms with E-state index in [9.17, 15) is 13.2 Å². The van der Waals surface area contributed by atoms with E-state index in [0.717, 1.165) is 6.07 Å². The number of nitrogens with zero attached hydrogens (tertiary/aromatic N) is 2. The van der Waals surface area contributed by atoms with E-state index in [1.54, 1.807) is 23.9 Å². The Morgan fingerprint density at radius 3 is 2.76 bits per heavy atom. The Kier molecular flexibility index (Phi) is 4.52. The molecule has 0 aliphatic rings. The van der Waals surface area contributed by atoms with Gasteiger partial charge in [0.05, 0.1) is 12.2 Å². The first-order valence-electron chi connectivity index (χ1n) is 6.38. The van der Waals surface area contributed by atoms with Crippen molar-refractivity contribution in [2.45, 2.75) is 13.1 Å². The van der Waals surface area contributed by atoms with Gasteiger partial charge in [-0.3, -0.25) is 4.57 Å². The Morgan fingerprint density at radius 1 is 1.33 bits per heavy atom. The van der Waals surface area contributed by atoms with Crippen LogP contribution in [0.1, 0.15) is 11.1 Å². The van der Waals surface area contributed by atoms with Gasteiger partial charge in [0, 0.05) is 31.7 Å². The first-order valence-corrected chi connectivity index (χ1v) is 6.38. The molecule has 0 unspecified atom stereocenters. The Bertz CT molecular complexity index is 608. The van der Waals surface area contributed by atoms with Gasteiger partial charge in [-0.2, -0.15) is 13.2 Å². The van der Waals surface area contributed by atoms with E-state index in [1.165, 1.54) is 19.2 Å². The standard InChI is InChI=1S/C14H16F3N3O/c1-10-3-4-11(9-12(10)14(15,16)17)20-7-5-18-13(20)19-6-8-21-2/h3-5,7,9H,6,8H2,1-2H3,(H,18,19). The molecule has 2 rings (SSSR count). The summed E-state index contributed by atoms with van der Waals surface area (Å²) in [4.78, 5) is 4.09. The Hall–Kier alpha value is -2.02. The highest BCUT2D eigenvalue weighted by Gasteiger charge is 2.32. The number of aromatic nitrogens is 2. The molecule has 1 N–H and O–H groups in total. The number of alkyl halides is 3. The van der Waals surface area contributed by atoms with Crippen LogP contribution in [-0.4, -0.2) is 29.8 Å². The number of anilines is 1. The van der Waals surface area contributed by atoms with Crippen LogP contribution in [0.25, 0.3) is 5.69 Å². The monoisotopic (exact) mass is 299 g/mol. The van der Waals surface area contributed by atoms with Gasteiger partial charge in [-0.25, -0.2) is 4.98 Å². The van der Waals surface area contributed by atoms with Crippen LogP contribution in [0.2, 0.25) is 0 Å². The van der Waals surface area contributed by atoms with E-state index in [0.29, 0.717) is 24.8 Å². The van der Waals surface area contributed by atoms with E-state index in [2.05, 4.69) is 10.3 Å². The summed E-state index contributed by atoms with van der Waals surface area (Å²) in [7, 11) is 1.57. The van der Waals surface area contributed by atoms with Crippen molar-refractivity contribution in [2.24, 2.45) is 0 Å². The largest absolute Gasteiger partial charge is 0.416 e. The third-order valence-corrected chi connectivity index (χ3v) is 3.03. The molecule has 0 saturated heterocycles. The molecular weight excluding hydrogens is 283 g/mol. The minimum atomic E-state index is -4.37. The fourth-order valence-electron chi connectivity index (χ4n) is 1.97. The highest BCUT2D eigenvalue weighted by Crippen LogP contribution is 2.33. The first kappa shape index (κ1) is 15.4. The predicted molar refractivity (Wildman–Crippen MR) is 73.7 cm³/mol. The Balaban J connectivity index is 2.33. The van der Waals surface area contributed by atoms with Crippen LogP contribution in [-0.2, 0) is 10.9 Å². The number of benzene rings is 1. The second-order valence-electron chi connectivity index (χ2n) is 4.54. The predicted octanol–water partition coefficient (Wildman–Crippen LogP) is 3.26. The number of rotatable bonds is 5. The molecule has 1 aromatic carbocycles. The molecule has 0 aliphatic carbocycles. The second-order valence-corrected chi connectivity index (χ2v) is 4.54. The molecule has 0 fully saturated rings. The molecule has 0 atom stereocenters. The number of imidazole rings is 1. The minimum absolute atomic E-state index is 0.195. The van der Waals surface area contributed by atoms with Gasteiger partial charge in [0.25, 0.3) is 0 Å². The number of hydrogen-bond acceptors (Lipinski definition) is 3. The molecular formula is C14H16F3N3O. The quantitative estimate of drug-likeness (QED) is 0.861. The zero-order valence-electron chi connectivity index (χ0n) is 11.7. The number of halogens is 3. The fourth-order valence-corrected chi connectivity index (χ4v) is 1.97. The molecule has 0 radical (unpaired) electrons. The topological polar surface area (TPSA) is 39.1 Å². The average Bonchev–Trinajstić information content (AvgIpc) is 2.87. The smallest absolute Gasteiger partial charge is 0.383 e. The zero-order chi connectivity index (χ0) is 15.5. The van der Waals surface area contributed by atoms with Gasteiger partial charge in [-0.1, -0.05) is 6.07 Å². The number of nitrogens with one attached hydrogen (secondary N) is 1. The normalized spacial score (nSPS) is 11.7. The zero-order valence-corrected chi connectivity index (χ0v) is 11.7. The Morgan fingerprint density at radius 2 is 2.10 bits per heavy atom. The summed E-state index contributed by atoms with van der Waals surface area (Å²) in [6.45, 7) is 2.44. The van der Waals surface area contributed by atoms with Gasteiger partial charge < -0.3 is 10.1 Å². The van der Waals surface area contributed by atoms with Gasteiger partial charge in [0.2, 0.25) is 5.95 Å². The van der Waals surface area contributed by atoms with Crippen LogP contribution in [0, 0.1) is 6.92 Å². The average molecular weight is 299 g/mol. The lowest BCUT2D eigenvalue weighted by atomic mass is 10.1. The summed E-state index contributed by atoms with van der Waals surface area (Å²) in [5.41, 5.74) is -0.0397. The highest BCUT2D eigenvalue weighted by atomic mass is 19.4. The van der Waals surface area contributed by atoms with Crippen molar-refractivity contribution in [1.29, 1.82) is 0 Å². The maximum atomic E-state index is 13.0. The molecule has 0 spiro atoms. The van der Waals surface area contributed by atoms with Gasteiger partial charge in [0.1, 0.15) is 0 Å². The van der Waals surface area contributed by atoms with Crippen molar-refractivity contribution >= 4 is 5.95 Å². The van der Waals surface area contributed by atoms with Crippen LogP contribution in [0.15, 0.2) is 30.6 Å². The van der Waals surface area contributed by atoms with Crippen molar-refractivity contribution in [2.75, 3.05) is 25.6 Å². The summed E-state index contributed by atoms with van der Waals surface area (Å²) >= 11 is 0. The molecule has 0 amide bonds. The molecule has 0 saturated carbocycles. The maximum Gasteiger partial charge on any atom is 0.416 e. The van der Waals surface area contributed by atoms with Crippen LogP contribution in [0.5, 0.6) is 0 Å². The molecule has 0 bridgehead atoms. The van der Waals surface area contributed by atoms with Crippen molar-refractivity contribution in [3.05, 3.63) is 41.7 Å². The molecule has 7 heteroatoms. The molecule has 2 aromatic rings. The van der Waals surface area contributed by atoms with E-state index in [1.807, 2.05) is 0 Å². The summed E-state index contributed by atoms with van der Waals surface area (Å²) in [6, 6.07) is 4.21. The summed E-state index contributed by atoms with van der Waals surface area (Å²) in [5, 5.41) is 3.01. The van der Waals surface area contributed by atoms with Crippen LogP contribution >= 0.6 is 0 Å². The summed E-state index contributed by atoms with van der Waals surface area (Å²) < 4.78 is 45.4. The molecule has 114 valence electrons. The number of ether oxygens (including phenoxy) is 1. The van der Waals surface area contributed by atoms with Gasteiger partial charge in [-0.15, -0.1) is 0 Å². The third-order valence-electron chi connectivity index (χ3n) is 3.03. The van der Waals surface area contributed by atoms with E-state index >= 15 is 0 Å². The van der Waals surface area contributed by atoms with Gasteiger partial charge in [-0.05, 0) is 24.6 Å². The van der Waals surface area contributed by atoms with E-state index in [-0.39, 0.29) is 5.56 Å². The van der Waals surface area contributed by atoms with Gasteiger partial charge in [0.15, 0.2) is 0 Å². The molecule has 4 nitrogen and oxygen atoms in total. The number of hydrogen-bond donors (Lipinski definition) is 1. The lowest BCUT2D eigenvalue weighted by molar-refractivity contribution is -0.138. The lowest BCUT2D eigenvalue weighted by Gasteiger charge is -2.14. The summed E-state index contributed by atoms with van der Waals surface area (Å²) in [6.07, 6.45) is -1.23. The number of aryl methyl sites for hydroxylation is 1. The van der Waals surface area contributed by atoms with Crippen LogP contribution in [0.4, 0.5) is 19.1 Å². The second kappa shape index (κ2) is 6.17. The molecule has 21 heavy (non-hydrogen) atoms.